The molecular formula is C46H39N3. The van der Waals surface area contributed by atoms with E-state index in [1.807, 2.05) is 36.4 Å². The zero-order chi connectivity index (χ0) is 32.7. The van der Waals surface area contributed by atoms with E-state index >= 15 is 0 Å². The lowest BCUT2D eigenvalue weighted by atomic mass is 9.49. The van der Waals surface area contributed by atoms with Crippen LogP contribution in [0.2, 0.25) is 0 Å². The van der Waals surface area contributed by atoms with E-state index in [0.29, 0.717) is 29.3 Å². The maximum absolute atomic E-state index is 5.07. The van der Waals surface area contributed by atoms with Crippen LogP contribution in [0.15, 0.2) is 127 Å². The number of hydrogen-bond donors (Lipinski definition) is 0. The van der Waals surface area contributed by atoms with E-state index in [-0.39, 0.29) is 5.41 Å². The summed E-state index contributed by atoms with van der Waals surface area (Å²) < 4.78 is 0. The quantitative estimate of drug-likeness (QED) is 0.194. The fraction of sp³-hybridized carbons (Fsp3) is 0.239. The number of rotatable bonds is 3. The highest BCUT2D eigenvalue weighted by Crippen LogP contribution is 2.65. The molecule has 0 saturated heterocycles. The van der Waals surface area contributed by atoms with Crippen LogP contribution in [0.1, 0.15) is 50.7 Å². The minimum atomic E-state index is 0.0260. The Hall–Kier alpha value is -5.15. The molecule has 3 heteroatoms. The van der Waals surface area contributed by atoms with Gasteiger partial charge in [0.25, 0.3) is 0 Å². The van der Waals surface area contributed by atoms with Gasteiger partial charge in [-0.2, -0.15) is 0 Å². The van der Waals surface area contributed by atoms with Crippen LogP contribution >= 0.6 is 0 Å². The second-order valence-electron chi connectivity index (χ2n) is 15.1. The molecule has 2 saturated carbocycles. The Morgan fingerprint density at radius 1 is 0.469 bits per heavy atom. The molecule has 10 rings (SSSR count). The lowest BCUT2D eigenvalue weighted by Gasteiger charge is -2.54. The van der Waals surface area contributed by atoms with Crippen LogP contribution in [0, 0.1) is 23.7 Å². The van der Waals surface area contributed by atoms with Gasteiger partial charge in [-0.15, -0.1) is 0 Å². The van der Waals surface area contributed by atoms with E-state index in [2.05, 4.69) is 105 Å². The Bertz CT molecular complexity index is 2340. The standard InChI is InChI=1S/C46H39N3/c1-28-19-30-21-29(2)46(38(20-28)22-30)41-26-34-16-10-9-15-33(34)24-39(41)40-25-35-17-18-36(23-37(35)27-42(40)46)45-48-43(31-11-5-3-6-12-31)47-44(49-45)32-13-7-4-8-14-32/h3-18,23-30,38H,19-22H2,1-2H3. The summed E-state index contributed by atoms with van der Waals surface area (Å²) in [7, 11) is 0. The first-order valence-corrected chi connectivity index (χ1v) is 18.0. The average molecular weight is 634 g/mol. The van der Waals surface area contributed by atoms with Gasteiger partial charge in [-0.05, 0) is 123 Å². The molecule has 7 aromatic rings. The molecule has 2 bridgehead atoms. The lowest BCUT2D eigenvalue weighted by molar-refractivity contribution is 0.0427. The van der Waals surface area contributed by atoms with Crippen molar-refractivity contribution in [1.29, 1.82) is 0 Å². The minimum Gasteiger partial charge on any atom is -0.208 e. The zero-order valence-electron chi connectivity index (χ0n) is 28.1. The topological polar surface area (TPSA) is 38.7 Å². The van der Waals surface area contributed by atoms with Gasteiger partial charge in [0.1, 0.15) is 0 Å². The SMILES string of the molecule is CC1CC2CC(C)C3(c4cc5ccccc5cc4-c4cc5ccc(-c6nc(-c7ccccc7)nc(-c7ccccc7)n6)cc5cc43)C(C1)C2. The van der Waals surface area contributed by atoms with Crippen molar-refractivity contribution in [2.24, 2.45) is 23.7 Å². The van der Waals surface area contributed by atoms with Crippen molar-refractivity contribution < 1.29 is 0 Å². The first-order chi connectivity index (χ1) is 24.0. The average Bonchev–Trinajstić information content (AvgIpc) is 3.41. The van der Waals surface area contributed by atoms with Gasteiger partial charge in [-0.3, -0.25) is 0 Å². The summed E-state index contributed by atoms with van der Waals surface area (Å²) in [5.41, 5.74) is 9.00. The highest BCUT2D eigenvalue weighted by atomic mass is 15.0. The maximum atomic E-state index is 5.07. The summed E-state index contributed by atoms with van der Waals surface area (Å²) >= 11 is 0. The Morgan fingerprint density at radius 2 is 1.00 bits per heavy atom. The van der Waals surface area contributed by atoms with E-state index < -0.39 is 0 Å². The van der Waals surface area contributed by atoms with Crippen molar-refractivity contribution in [3.63, 3.8) is 0 Å². The number of benzene rings is 6. The van der Waals surface area contributed by atoms with Gasteiger partial charge in [0.2, 0.25) is 0 Å². The molecule has 3 nitrogen and oxygen atoms in total. The normalized spacial score (nSPS) is 23.9. The van der Waals surface area contributed by atoms with Crippen LogP contribution in [-0.4, -0.2) is 15.0 Å². The van der Waals surface area contributed by atoms with Gasteiger partial charge in [0.05, 0.1) is 0 Å². The molecule has 1 spiro atoms. The van der Waals surface area contributed by atoms with Crippen LogP contribution in [0.3, 0.4) is 0 Å². The minimum absolute atomic E-state index is 0.0260. The smallest absolute Gasteiger partial charge is 0.164 e. The first-order valence-electron chi connectivity index (χ1n) is 18.0. The Morgan fingerprint density at radius 3 is 1.63 bits per heavy atom. The number of fused-ring (bicyclic) bond motifs is 10. The number of nitrogens with zero attached hydrogens (tertiary/aromatic N) is 3. The van der Waals surface area contributed by atoms with Crippen molar-refractivity contribution in [1.82, 2.24) is 15.0 Å². The maximum Gasteiger partial charge on any atom is 0.164 e. The summed E-state index contributed by atoms with van der Waals surface area (Å²) in [6, 6.07) is 46.3. The summed E-state index contributed by atoms with van der Waals surface area (Å²) in [4.78, 5) is 15.1. The Labute approximate surface area is 288 Å². The van der Waals surface area contributed by atoms with Gasteiger partial charge >= 0.3 is 0 Å². The Kier molecular flexibility index (Phi) is 6.43. The first kappa shape index (κ1) is 28.8. The third-order valence-electron chi connectivity index (χ3n) is 12.2. The van der Waals surface area contributed by atoms with E-state index in [1.165, 1.54) is 63.9 Å². The van der Waals surface area contributed by atoms with Crippen molar-refractivity contribution in [3.05, 3.63) is 139 Å². The van der Waals surface area contributed by atoms with Gasteiger partial charge in [-0.25, -0.2) is 15.0 Å². The summed E-state index contributed by atoms with van der Waals surface area (Å²) in [5.74, 6) is 4.93. The molecule has 2 fully saturated rings. The van der Waals surface area contributed by atoms with Crippen LogP contribution in [0.4, 0.5) is 0 Å². The largest absolute Gasteiger partial charge is 0.208 e. The molecule has 49 heavy (non-hydrogen) atoms. The van der Waals surface area contributed by atoms with Crippen molar-refractivity contribution in [2.75, 3.05) is 0 Å². The van der Waals surface area contributed by atoms with Crippen molar-refractivity contribution >= 4 is 21.5 Å². The number of aromatic nitrogens is 3. The van der Waals surface area contributed by atoms with Crippen molar-refractivity contribution in [2.45, 2.75) is 44.9 Å². The monoisotopic (exact) mass is 633 g/mol. The molecule has 6 aromatic carbocycles. The summed E-state index contributed by atoms with van der Waals surface area (Å²) in [6.45, 7) is 5.06. The molecule has 3 aliphatic carbocycles. The fourth-order valence-corrected chi connectivity index (χ4v) is 10.3. The fourth-order valence-electron chi connectivity index (χ4n) is 10.3. The van der Waals surface area contributed by atoms with E-state index in [9.17, 15) is 0 Å². The van der Waals surface area contributed by atoms with Gasteiger partial charge in [0, 0.05) is 22.1 Å². The van der Waals surface area contributed by atoms with Crippen LogP contribution < -0.4 is 0 Å². The predicted molar refractivity (Wildman–Crippen MR) is 201 cm³/mol. The van der Waals surface area contributed by atoms with E-state index in [1.54, 1.807) is 5.56 Å². The molecule has 0 aliphatic heterocycles. The molecule has 5 unspecified atom stereocenters. The van der Waals surface area contributed by atoms with Crippen LogP contribution in [0.5, 0.6) is 0 Å². The van der Waals surface area contributed by atoms with E-state index in [0.717, 1.165) is 28.5 Å². The third-order valence-corrected chi connectivity index (χ3v) is 12.2. The summed E-state index contributed by atoms with van der Waals surface area (Å²) in [5, 5.41) is 5.21. The molecule has 1 heterocycles. The van der Waals surface area contributed by atoms with Crippen LogP contribution in [0.25, 0.3) is 66.8 Å². The molecule has 0 amide bonds. The molecule has 1 aromatic heterocycles. The van der Waals surface area contributed by atoms with Crippen LogP contribution in [-0.2, 0) is 5.41 Å². The third kappa shape index (κ3) is 4.44. The molecular weight excluding hydrogens is 595 g/mol. The predicted octanol–water partition coefficient (Wildman–Crippen LogP) is 11.5. The van der Waals surface area contributed by atoms with E-state index in [4.69, 9.17) is 15.0 Å². The summed E-state index contributed by atoms with van der Waals surface area (Å²) in [6.07, 6.45) is 5.34. The van der Waals surface area contributed by atoms with Gasteiger partial charge < -0.3 is 0 Å². The van der Waals surface area contributed by atoms with Crippen molar-refractivity contribution in [3.8, 4) is 45.3 Å². The molecule has 238 valence electrons. The lowest BCUT2D eigenvalue weighted by Crippen LogP contribution is -2.49. The van der Waals surface area contributed by atoms with Gasteiger partial charge in [0.15, 0.2) is 17.5 Å². The highest BCUT2D eigenvalue weighted by Gasteiger charge is 2.56. The molecule has 0 radical (unpaired) electrons. The van der Waals surface area contributed by atoms with Gasteiger partial charge in [-0.1, -0.05) is 111 Å². The zero-order valence-corrected chi connectivity index (χ0v) is 28.1. The molecule has 3 aliphatic rings. The highest BCUT2D eigenvalue weighted by molar-refractivity contribution is 5.99. The second-order valence-corrected chi connectivity index (χ2v) is 15.1. The second kappa shape index (κ2) is 10.9. The number of hydrogen-bond acceptors (Lipinski definition) is 3. The molecule has 5 atom stereocenters. The molecule has 0 N–H and O–H groups in total. The Balaban J connectivity index is 1.18.